The van der Waals surface area contributed by atoms with Crippen LogP contribution in [-0.4, -0.2) is 19.3 Å². The molecule has 0 fully saturated rings. The van der Waals surface area contributed by atoms with Gasteiger partial charge in [0.2, 0.25) is 0 Å². The molecule has 0 saturated heterocycles. The normalized spacial score (nSPS) is 14.8. The number of hydrogen-bond acceptors (Lipinski definition) is 2. The van der Waals surface area contributed by atoms with E-state index >= 15 is 0 Å². The highest BCUT2D eigenvalue weighted by molar-refractivity contribution is 6.42. The molecule has 4 heteroatoms. The Bertz CT molecular complexity index is 357. The Kier molecular flexibility index (Phi) is 5.06. The Morgan fingerprint density at radius 2 is 2.06 bits per heavy atom. The van der Waals surface area contributed by atoms with Crippen molar-refractivity contribution < 1.29 is 4.74 Å². The lowest BCUT2D eigenvalue weighted by Crippen LogP contribution is -2.45. The predicted octanol–water partition coefficient (Wildman–Crippen LogP) is 3.29. The number of rotatable bonds is 5. The van der Waals surface area contributed by atoms with E-state index in [1.165, 1.54) is 0 Å². The van der Waals surface area contributed by atoms with Crippen molar-refractivity contribution in [2.75, 3.05) is 13.7 Å². The minimum Gasteiger partial charge on any atom is -0.383 e. The summed E-state index contributed by atoms with van der Waals surface area (Å²) in [6.45, 7) is 2.55. The van der Waals surface area contributed by atoms with Crippen LogP contribution < -0.4 is 5.73 Å². The molecule has 1 atom stereocenters. The van der Waals surface area contributed by atoms with Crippen molar-refractivity contribution in [2.45, 2.75) is 25.3 Å². The highest BCUT2D eigenvalue weighted by atomic mass is 35.5. The first-order chi connectivity index (χ1) is 7.52. The highest BCUT2D eigenvalue weighted by Crippen LogP contribution is 2.28. The van der Waals surface area contributed by atoms with Gasteiger partial charge in [0.15, 0.2) is 0 Å². The quantitative estimate of drug-likeness (QED) is 0.883. The van der Waals surface area contributed by atoms with Gasteiger partial charge in [-0.05, 0) is 24.5 Å². The molecule has 16 heavy (non-hydrogen) atoms. The SMILES string of the molecule is CCC(N)(COC)Cc1cccc(Cl)c1Cl. The zero-order valence-electron chi connectivity index (χ0n) is 9.59. The average molecular weight is 262 g/mol. The van der Waals surface area contributed by atoms with Crippen LogP contribution in [0.4, 0.5) is 0 Å². The molecule has 0 bridgehead atoms. The molecule has 0 saturated carbocycles. The molecule has 1 aromatic rings. The van der Waals surface area contributed by atoms with E-state index in [1.54, 1.807) is 13.2 Å². The van der Waals surface area contributed by atoms with E-state index in [0.29, 0.717) is 23.1 Å². The molecule has 2 N–H and O–H groups in total. The number of hydrogen-bond donors (Lipinski definition) is 1. The summed E-state index contributed by atoms with van der Waals surface area (Å²) >= 11 is 12.1. The molecule has 0 heterocycles. The van der Waals surface area contributed by atoms with Gasteiger partial charge in [-0.2, -0.15) is 0 Å². The Hall–Kier alpha value is -0.280. The van der Waals surface area contributed by atoms with Gasteiger partial charge in [0.1, 0.15) is 0 Å². The summed E-state index contributed by atoms with van der Waals surface area (Å²) in [5, 5.41) is 1.15. The van der Waals surface area contributed by atoms with Crippen molar-refractivity contribution in [3.05, 3.63) is 33.8 Å². The summed E-state index contributed by atoms with van der Waals surface area (Å²) in [5.41, 5.74) is 6.81. The molecule has 0 aliphatic heterocycles. The van der Waals surface area contributed by atoms with Gasteiger partial charge < -0.3 is 10.5 Å². The standard InChI is InChI=1S/C12H17Cl2NO/c1-3-12(15,8-16-2)7-9-5-4-6-10(13)11(9)14/h4-6H,3,7-8,15H2,1-2H3. The van der Waals surface area contributed by atoms with E-state index in [9.17, 15) is 0 Å². The number of methoxy groups -OCH3 is 1. The second-order valence-corrected chi connectivity index (χ2v) is 4.82. The summed E-state index contributed by atoms with van der Waals surface area (Å²) in [7, 11) is 1.65. The fourth-order valence-electron chi connectivity index (χ4n) is 1.63. The van der Waals surface area contributed by atoms with Gasteiger partial charge in [-0.15, -0.1) is 0 Å². The lowest BCUT2D eigenvalue weighted by atomic mass is 9.90. The maximum atomic E-state index is 6.23. The Balaban J connectivity index is 2.90. The predicted molar refractivity (Wildman–Crippen MR) is 69.3 cm³/mol. The van der Waals surface area contributed by atoms with Crippen LogP contribution in [0.3, 0.4) is 0 Å². The lowest BCUT2D eigenvalue weighted by molar-refractivity contribution is 0.129. The number of ether oxygens (including phenoxy) is 1. The summed E-state index contributed by atoms with van der Waals surface area (Å²) in [4.78, 5) is 0. The van der Waals surface area contributed by atoms with Crippen LogP contribution in [0.15, 0.2) is 18.2 Å². The number of nitrogens with two attached hydrogens (primary N) is 1. The number of benzene rings is 1. The molecule has 1 unspecified atom stereocenters. The molecule has 0 spiro atoms. The molecule has 1 aromatic carbocycles. The van der Waals surface area contributed by atoms with Gasteiger partial charge >= 0.3 is 0 Å². The van der Waals surface area contributed by atoms with E-state index in [4.69, 9.17) is 33.7 Å². The largest absolute Gasteiger partial charge is 0.383 e. The fourth-order valence-corrected chi connectivity index (χ4v) is 2.02. The minimum absolute atomic E-state index is 0.386. The molecule has 2 nitrogen and oxygen atoms in total. The van der Waals surface area contributed by atoms with Crippen molar-refractivity contribution in [1.82, 2.24) is 0 Å². The van der Waals surface area contributed by atoms with Gasteiger partial charge in [-0.3, -0.25) is 0 Å². The smallest absolute Gasteiger partial charge is 0.0645 e. The molecular weight excluding hydrogens is 245 g/mol. The van der Waals surface area contributed by atoms with E-state index in [2.05, 4.69) is 0 Å². The Morgan fingerprint density at radius 3 is 2.62 bits per heavy atom. The first-order valence-corrected chi connectivity index (χ1v) is 5.98. The molecule has 1 rings (SSSR count). The molecule has 0 radical (unpaired) electrons. The van der Waals surface area contributed by atoms with Crippen LogP contribution in [0.2, 0.25) is 10.0 Å². The second-order valence-electron chi connectivity index (χ2n) is 4.04. The average Bonchev–Trinajstić information content (AvgIpc) is 2.25. The van der Waals surface area contributed by atoms with Crippen molar-refractivity contribution in [2.24, 2.45) is 5.73 Å². The van der Waals surface area contributed by atoms with Crippen LogP contribution in [0, 0.1) is 0 Å². The Morgan fingerprint density at radius 1 is 1.38 bits per heavy atom. The van der Waals surface area contributed by atoms with E-state index in [0.717, 1.165) is 12.0 Å². The molecular formula is C12H17Cl2NO. The van der Waals surface area contributed by atoms with Crippen LogP contribution in [-0.2, 0) is 11.2 Å². The molecule has 0 aromatic heterocycles. The van der Waals surface area contributed by atoms with Gasteiger partial charge in [0, 0.05) is 12.6 Å². The monoisotopic (exact) mass is 261 g/mol. The first-order valence-electron chi connectivity index (χ1n) is 5.23. The minimum atomic E-state index is -0.386. The topological polar surface area (TPSA) is 35.2 Å². The van der Waals surface area contributed by atoms with Gasteiger partial charge in [-0.1, -0.05) is 42.3 Å². The van der Waals surface area contributed by atoms with E-state index in [-0.39, 0.29) is 5.54 Å². The van der Waals surface area contributed by atoms with Crippen molar-refractivity contribution in [1.29, 1.82) is 0 Å². The van der Waals surface area contributed by atoms with Gasteiger partial charge in [-0.25, -0.2) is 0 Å². The van der Waals surface area contributed by atoms with Gasteiger partial charge in [0.05, 0.1) is 16.7 Å². The van der Waals surface area contributed by atoms with Crippen LogP contribution in [0.25, 0.3) is 0 Å². The summed E-state index contributed by atoms with van der Waals surface area (Å²) in [5.74, 6) is 0. The van der Waals surface area contributed by atoms with Crippen molar-refractivity contribution >= 4 is 23.2 Å². The van der Waals surface area contributed by atoms with E-state index < -0.39 is 0 Å². The zero-order valence-corrected chi connectivity index (χ0v) is 11.1. The molecule has 0 amide bonds. The van der Waals surface area contributed by atoms with Crippen LogP contribution in [0.1, 0.15) is 18.9 Å². The zero-order chi connectivity index (χ0) is 12.2. The third-order valence-electron chi connectivity index (χ3n) is 2.71. The highest BCUT2D eigenvalue weighted by Gasteiger charge is 2.24. The molecule has 0 aliphatic carbocycles. The second kappa shape index (κ2) is 5.87. The summed E-state index contributed by atoms with van der Waals surface area (Å²) in [6, 6.07) is 5.60. The lowest BCUT2D eigenvalue weighted by Gasteiger charge is -2.27. The van der Waals surface area contributed by atoms with Crippen LogP contribution in [0.5, 0.6) is 0 Å². The third-order valence-corrected chi connectivity index (χ3v) is 3.57. The van der Waals surface area contributed by atoms with Crippen molar-refractivity contribution in [3.63, 3.8) is 0 Å². The fraction of sp³-hybridized carbons (Fsp3) is 0.500. The summed E-state index contributed by atoms with van der Waals surface area (Å²) in [6.07, 6.45) is 1.49. The van der Waals surface area contributed by atoms with Crippen molar-refractivity contribution in [3.8, 4) is 0 Å². The third kappa shape index (κ3) is 3.36. The first kappa shape index (κ1) is 13.8. The summed E-state index contributed by atoms with van der Waals surface area (Å²) < 4.78 is 5.14. The molecule has 0 aliphatic rings. The van der Waals surface area contributed by atoms with E-state index in [1.807, 2.05) is 19.1 Å². The van der Waals surface area contributed by atoms with Gasteiger partial charge in [0.25, 0.3) is 0 Å². The number of halogens is 2. The molecule has 90 valence electrons. The van der Waals surface area contributed by atoms with Crippen LogP contribution >= 0.6 is 23.2 Å². The maximum Gasteiger partial charge on any atom is 0.0645 e. The maximum absolute atomic E-state index is 6.23. The Labute approximate surface area is 107 Å².